The number of nitrogens with zero attached hydrogens (tertiary/aromatic N) is 3. The van der Waals surface area contributed by atoms with E-state index in [-0.39, 0.29) is 42.8 Å². The summed E-state index contributed by atoms with van der Waals surface area (Å²) in [5, 5.41) is 2.75. The molecule has 40 heavy (non-hydrogen) atoms. The first-order valence-corrected chi connectivity index (χ1v) is 12.8. The maximum atomic E-state index is 14.0. The summed E-state index contributed by atoms with van der Waals surface area (Å²) in [4.78, 5) is 44.0. The highest BCUT2D eigenvalue weighted by atomic mass is 19.4. The molecule has 2 aliphatic heterocycles. The number of alkyl halides is 3. The molecule has 2 aliphatic rings. The van der Waals surface area contributed by atoms with Gasteiger partial charge in [0.15, 0.2) is 0 Å². The van der Waals surface area contributed by atoms with Crippen molar-refractivity contribution in [3.8, 4) is 0 Å². The molecule has 8 nitrogen and oxygen atoms in total. The van der Waals surface area contributed by atoms with Gasteiger partial charge in [-0.05, 0) is 55.8 Å². The van der Waals surface area contributed by atoms with E-state index >= 15 is 0 Å². The molecule has 2 unspecified atom stereocenters. The molecule has 0 saturated carbocycles. The highest BCUT2D eigenvalue weighted by Gasteiger charge is 2.39. The lowest BCUT2D eigenvalue weighted by molar-refractivity contribution is -0.139. The topological polar surface area (TPSA) is 82.2 Å². The number of esters is 1. The van der Waals surface area contributed by atoms with Gasteiger partial charge in [0, 0.05) is 50.5 Å². The molecule has 0 bridgehead atoms. The van der Waals surface area contributed by atoms with E-state index in [1.165, 1.54) is 42.3 Å². The van der Waals surface area contributed by atoms with Gasteiger partial charge in [-0.2, -0.15) is 13.2 Å². The number of hydrogen-bond donors (Lipinski definition) is 1. The van der Waals surface area contributed by atoms with Crippen LogP contribution in [0, 0.1) is 5.82 Å². The molecular weight excluding hydrogens is 532 g/mol. The Labute approximate surface area is 229 Å². The van der Waals surface area contributed by atoms with Crippen molar-refractivity contribution < 1.29 is 36.7 Å². The summed E-state index contributed by atoms with van der Waals surface area (Å²) in [6.07, 6.45) is -4.49. The van der Waals surface area contributed by atoms with Gasteiger partial charge in [0.2, 0.25) is 0 Å². The molecule has 3 amide bonds. The Morgan fingerprint density at radius 1 is 1.10 bits per heavy atom. The molecule has 0 spiro atoms. The first-order valence-electron chi connectivity index (χ1n) is 12.8. The van der Waals surface area contributed by atoms with Crippen LogP contribution < -0.4 is 5.32 Å². The molecule has 1 saturated heterocycles. The minimum absolute atomic E-state index is 0.102. The minimum atomic E-state index is -4.49. The smallest absolute Gasteiger partial charge is 0.416 e. The maximum Gasteiger partial charge on any atom is 0.416 e. The second-order valence-electron chi connectivity index (χ2n) is 9.74. The van der Waals surface area contributed by atoms with Crippen LogP contribution in [0.25, 0.3) is 0 Å². The van der Waals surface area contributed by atoms with E-state index in [1.807, 2.05) is 11.8 Å². The van der Waals surface area contributed by atoms with Crippen LogP contribution in [0.5, 0.6) is 0 Å². The highest BCUT2D eigenvalue weighted by molar-refractivity contribution is 5.95. The molecule has 1 fully saturated rings. The Kier molecular flexibility index (Phi) is 8.48. The van der Waals surface area contributed by atoms with Crippen molar-refractivity contribution in [3.63, 3.8) is 0 Å². The number of likely N-dealkylation sites (N-methyl/N-ethyl adjacent to an activating group) is 1. The van der Waals surface area contributed by atoms with Crippen LogP contribution in [-0.2, 0) is 15.7 Å². The second kappa shape index (κ2) is 11.7. The number of piperazine rings is 1. The Morgan fingerprint density at radius 3 is 2.40 bits per heavy atom. The Balaban J connectivity index is 1.56. The van der Waals surface area contributed by atoms with Crippen molar-refractivity contribution in [2.75, 3.05) is 39.8 Å². The molecule has 0 aromatic heterocycles. The summed E-state index contributed by atoms with van der Waals surface area (Å²) >= 11 is 0. The first kappa shape index (κ1) is 29.1. The van der Waals surface area contributed by atoms with Crippen LogP contribution in [0.2, 0.25) is 0 Å². The molecule has 12 heteroatoms. The third kappa shape index (κ3) is 6.11. The van der Waals surface area contributed by atoms with Gasteiger partial charge in [-0.15, -0.1) is 0 Å². The van der Waals surface area contributed by atoms with Crippen LogP contribution in [-0.4, -0.2) is 78.5 Å². The lowest BCUT2D eigenvalue weighted by Gasteiger charge is -2.42. The van der Waals surface area contributed by atoms with Crippen molar-refractivity contribution in [1.29, 1.82) is 0 Å². The average molecular weight is 563 g/mol. The van der Waals surface area contributed by atoms with Gasteiger partial charge in [0.25, 0.3) is 5.91 Å². The number of amides is 3. The van der Waals surface area contributed by atoms with Gasteiger partial charge in [-0.25, -0.2) is 14.0 Å². The van der Waals surface area contributed by atoms with Crippen LogP contribution >= 0.6 is 0 Å². The zero-order valence-corrected chi connectivity index (χ0v) is 22.3. The number of ether oxygens (including phenoxy) is 1. The van der Waals surface area contributed by atoms with E-state index in [1.54, 1.807) is 17.9 Å². The lowest BCUT2D eigenvalue weighted by atomic mass is 9.94. The number of urea groups is 1. The quantitative estimate of drug-likeness (QED) is 0.422. The summed E-state index contributed by atoms with van der Waals surface area (Å²) in [5.41, 5.74) is 0.297. The molecule has 2 heterocycles. The van der Waals surface area contributed by atoms with Crippen molar-refractivity contribution in [2.45, 2.75) is 32.1 Å². The van der Waals surface area contributed by atoms with Gasteiger partial charge in [-0.1, -0.05) is 12.1 Å². The van der Waals surface area contributed by atoms with Gasteiger partial charge in [-0.3, -0.25) is 14.6 Å². The van der Waals surface area contributed by atoms with E-state index in [4.69, 9.17) is 4.74 Å². The maximum absolute atomic E-state index is 14.0. The summed E-state index contributed by atoms with van der Waals surface area (Å²) in [6, 6.07) is 8.03. The first-order chi connectivity index (χ1) is 18.9. The van der Waals surface area contributed by atoms with E-state index in [0.717, 1.165) is 12.1 Å². The van der Waals surface area contributed by atoms with Crippen molar-refractivity contribution in [2.24, 2.45) is 0 Å². The summed E-state index contributed by atoms with van der Waals surface area (Å²) in [5.74, 6) is -1.53. The predicted molar refractivity (Wildman–Crippen MR) is 137 cm³/mol. The zero-order chi connectivity index (χ0) is 29.2. The van der Waals surface area contributed by atoms with Crippen molar-refractivity contribution in [3.05, 3.63) is 82.3 Å². The largest absolute Gasteiger partial charge is 0.463 e. The van der Waals surface area contributed by atoms with Gasteiger partial charge in [0.1, 0.15) is 5.82 Å². The number of carbonyl (C=O) groups is 3. The van der Waals surface area contributed by atoms with Gasteiger partial charge in [0.05, 0.1) is 23.8 Å². The molecule has 0 radical (unpaired) electrons. The normalized spacial score (nSPS) is 20.4. The molecule has 214 valence electrons. The second-order valence-corrected chi connectivity index (χ2v) is 9.74. The monoisotopic (exact) mass is 562 g/mol. The van der Waals surface area contributed by atoms with Crippen molar-refractivity contribution in [1.82, 2.24) is 20.0 Å². The molecule has 2 aromatic rings. The van der Waals surface area contributed by atoms with Crippen LogP contribution in [0.4, 0.5) is 22.4 Å². The summed E-state index contributed by atoms with van der Waals surface area (Å²) in [6.45, 7) is 4.81. The molecule has 4 rings (SSSR count). The third-order valence-electron chi connectivity index (χ3n) is 7.06. The van der Waals surface area contributed by atoms with E-state index in [9.17, 15) is 31.9 Å². The van der Waals surface area contributed by atoms with Crippen molar-refractivity contribution >= 4 is 17.9 Å². The minimum Gasteiger partial charge on any atom is -0.463 e. The average Bonchev–Trinajstić information content (AvgIpc) is 2.90. The molecule has 2 aromatic carbocycles. The van der Waals surface area contributed by atoms with Crippen LogP contribution in [0.1, 0.15) is 41.4 Å². The number of rotatable bonds is 6. The number of benzene rings is 2. The standard InChI is InChI=1S/C28H30F4N4O4/c1-4-40-26(38)23-22(34(3)27(39)33-24(23)19-6-5-7-21(29)14-19)16-35-12-13-36(17(2)15-35)25(37)18-8-10-20(11-9-18)28(30,31)32/h5-11,14,17,24H,4,12-13,15-16H2,1-3H3,(H,33,39). The number of halogens is 4. The molecular formula is C28H30F4N4O4. The third-order valence-corrected chi connectivity index (χ3v) is 7.06. The van der Waals surface area contributed by atoms with Crippen LogP contribution in [0.15, 0.2) is 59.8 Å². The Hall–Kier alpha value is -3.93. The SMILES string of the molecule is CCOC(=O)C1=C(CN2CCN(C(=O)c3ccc(C(F)(F)F)cc3)C(C)C2)N(C)C(=O)NC1c1cccc(F)c1. The summed E-state index contributed by atoms with van der Waals surface area (Å²) < 4.78 is 58.1. The van der Waals surface area contributed by atoms with E-state index in [0.29, 0.717) is 24.4 Å². The molecule has 0 aliphatic carbocycles. The van der Waals surface area contributed by atoms with E-state index < -0.39 is 35.6 Å². The number of nitrogens with one attached hydrogen (secondary N) is 1. The predicted octanol–water partition coefficient (Wildman–Crippen LogP) is 4.20. The Morgan fingerprint density at radius 2 is 1.80 bits per heavy atom. The van der Waals surface area contributed by atoms with Crippen LogP contribution in [0.3, 0.4) is 0 Å². The lowest BCUT2D eigenvalue weighted by Crippen LogP contribution is -2.56. The zero-order valence-electron chi connectivity index (χ0n) is 22.3. The molecule has 2 atom stereocenters. The fraction of sp³-hybridized carbons (Fsp3) is 0.393. The highest BCUT2D eigenvalue weighted by Crippen LogP contribution is 2.33. The number of carbonyl (C=O) groups excluding carboxylic acids is 3. The fourth-order valence-electron chi connectivity index (χ4n) is 4.99. The van der Waals surface area contributed by atoms with Gasteiger partial charge >= 0.3 is 18.2 Å². The Bertz CT molecular complexity index is 1310. The molecule has 1 N–H and O–H groups in total. The van der Waals surface area contributed by atoms with Gasteiger partial charge < -0.3 is 15.0 Å². The number of hydrogen-bond acceptors (Lipinski definition) is 5. The summed E-state index contributed by atoms with van der Waals surface area (Å²) in [7, 11) is 1.53. The van der Waals surface area contributed by atoms with E-state index in [2.05, 4.69) is 5.32 Å². The fourth-order valence-corrected chi connectivity index (χ4v) is 4.99.